The number of hydrogen-bond acceptors (Lipinski definition) is 4. The summed E-state index contributed by atoms with van der Waals surface area (Å²) in [5.41, 5.74) is -0.453. The lowest BCUT2D eigenvalue weighted by molar-refractivity contribution is 0.0594. The first-order valence-corrected chi connectivity index (χ1v) is 5.95. The Balaban J connectivity index is 2.71. The van der Waals surface area contributed by atoms with Crippen LogP contribution in [0.5, 0.6) is 0 Å². The van der Waals surface area contributed by atoms with E-state index >= 15 is 0 Å². The summed E-state index contributed by atoms with van der Waals surface area (Å²) in [6, 6.07) is 2.45. The van der Waals surface area contributed by atoms with E-state index in [-0.39, 0.29) is 5.69 Å². The second kappa shape index (κ2) is 7.04. The number of nitrogens with one attached hydrogen (secondary N) is 1. The maximum absolute atomic E-state index is 13.7. The molecule has 0 saturated heterocycles. The van der Waals surface area contributed by atoms with Crippen LogP contribution >= 0.6 is 0 Å². The highest BCUT2D eigenvalue weighted by molar-refractivity contribution is 5.90. The van der Waals surface area contributed by atoms with E-state index in [1.807, 2.05) is 0 Å². The summed E-state index contributed by atoms with van der Waals surface area (Å²) in [4.78, 5) is 11.2. The number of benzene rings is 1. The van der Waals surface area contributed by atoms with Crippen LogP contribution in [0.25, 0.3) is 0 Å². The van der Waals surface area contributed by atoms with Crippen LogP contribution in [-0.2, 0) is 4.74 Å². The van der Waals surface area contributed by atoms with Crippen molar-refractivity contribution in [2.24, 2.45) is 0 Å². The Labute approximate surface area is 110 Å². The van der Waals surface area contributed by atoms with Crippen LogP contribution < -0.4 is 5.32 Å². The van der Waals surface area contributed by atoms with E-state index in [4.69, 9.17) is 5.11 Å². The Bertz CT molecular complexity index is 450. The monoisotopic (exact) mass is 273 g/mol. The minimum atomic E-state index is -1.23. The van der Waals surface area contributed by atoms with Crippen molar-refractivity contribution in [3.8, 4) is 0 Å². The van der Waals surface area contributed by atoms with Gasteiger partial charge in [0, 0.05) is 6.54 Å². The molecule has 0 bridgehead atoms. The van der Waals surface area contributed by atoms with Crippen molar-refractivity contribution < 1.29 is 23.4 Å². The van der Waals surface area contributed by atoms with E-state index in [0.29, 0.717) is 19.4 Å². The van der Waals surface area contributed by atoms with Gasteiger partial charge in [-0.05, 0) is 31.9 Å². The molecule has 1 unspecified atom stereocenters. The smallest absolute Gasteiger partial charge is 0.340 e. The Hall–Kier alpha value is -1.69. The van der Waals surface area contributed by atoms with Gasteiger partial charge in [-0.15, -0.1) is 0 Å². The number of methoxy groups -OCH3 is 1. The standard InChI is InChI=1S/C13H17F2NO3/c1-8(17)4-3-7-16-10-6-5-9(13(18)19-2)11(14)12(10)15/h5-6,8,16-17H,3-4,7H2,1-2H3. The van der Waals surface area contributed by atoms with Crippen molar-refractivity contribution in [2.75, 3.05) is 19.0 Å². The summed E-state index contributed by atoms with van der Waals surface area (Å²) < 4.78 is 31.6. The number of ether oxygens (including phenoxy) is 1. The molecule has 4 nitrogen and oxygen atoms in total. The lowest BCUT2D eigenvalue weighted by Crippen LogP contribution is -2.11. The van der Waals surface area contributed by atoms with Gasteiger partial charge < -0.3 is 15.2 Å². The van der Waals surface area contributed by atoms with Gasteiger partial charge in [-0.2, -0.15) is 0 Å². The van der Waals surface area contributed by atoms with E-state index in [9.17, 15) is 13.6 Å². The molecule has 0 radical (unpaired) electrons. The summed E-state index contributed by atoms with van der Waals surface area (Å²) >= 11 is 0. The average molecular weight is 273 g/mol. The molecule has 106 valence electrons. The molecule has 6 heteroatoms. The highest BCUT2D eigenvalue weighted by atomic mass is 19.2. The van der Waals surface area contributed by atoms with Gasteiger partial charge >= 0.3 is 5.97 Å². The van der Waals surface area contributed by atoms with E-state index in [0.717, 1.165) is 7.11 Å². The molecule has 1 atom stereocenters. The van der Waals surface area contributed by atoms with Crippen LogP contribution in [0.1, 0.15) is 30.1 Å². The third kappa shape index (κ3) is 4.17. The molecule has 0 spiro atoms. The summed E-state index contributed by atoms with van der Waals surface area (Å²) in [5, 5.41) is 11.8. The van der Waals surface area contributed by atoms with Crippen LogP contribution in [0.3, 0.4) is 0 Å². The minimum Gasteiger partial charge on any atom is -0.465 e. The molecule has 2 N–H and O–H groups in total. The Morgan fingerprint density at radius 2 is 2.11 bits per heavy atom. The molecule has 0 amide bonds. The second-order valence-corrected chi connectivity index (χ2v) is 4.20. The molecular weight excluding hydrogens is 256 g/mol. The number of aliphatic hydroxyl groups is 1. The number of halogens is 2. The van der Waals surface area contributed by atoms with Gasteiger partial charge in [0.1, 0.15) is 0 Å². The second-order valence-electron chi connectivity index (χ2n) is 4.20. The molecule has 0 heterocycles. The lowest BCUT2D eigenvalue weighted by atomic mass is 10.1. The lowest BCUT2D eigenvalue weighted by Gasteiger charge is -2.10. The van der Waals surface area contributed by atoms with E-state index in [1.54, 1.807) is 6.92 Å². The zero-order chi connectivity index (χ0) is 14.4. The third-order valence-electron chi connectivity index (χ3n) is 2.60. The fourth-order valence-electron chi connectivity index (χ4n) is 1.57. The zero-order valence-electron chi connectivity index (χ0n) is 10.9. The average Bonchev–Trinajstić information content (AvgIpc) is 2.38. The number of aliphatic hydroxyl groups excluding tert-OH is 1. The van der Waals surface area contributed by atoms with Gasteiger partial charge in [0.2, 0.25) is 0 Å². The van der Waals surface area contributed by atoms with Crippen LogP contribution in [0.15, 0.2) is 12.1 Å². The summed E-state index contributed by atoms with van der Waals surface area (Å²) in [6.07, 6.45) is 0.763. The molecule has 0 aliphatic rings. The fourth-order valence-corrected chi connectivity index (χ4v) is 1.57. The van der Waals surface area contributed by atoms with Gasteiger partial charge in [-0.1, -0.05) is 0 Å². The molecule has 1 aromatic rings. The SMILES string of the molecule is COC(=O)c1ccc(NCCCC(C)O)c(F)c1F. The van der Waals surface area contributed by atoms with Crippen LogP contribution in [0.4, 0.5) is 14.5 Å². The maximum Gasteiger partial charge on any atom is 0.340 e. The van der Waals surface area contributed by atoms with Gasteiger partial charge in [-0.3, -0.25) is 0 Å². The molecule has 0 aliphatic heterocycles. The zero-order valence-corrected chi connectivity index (χ0v) is 10.9. The first-order chi connectivity index (χ1) is 8.97. The minimum absolute atomic E-state index is 0.0178. The fraction of sp³-hybridized carbons (Fsp3) is 0.462. The molecule has 1 aromatic carbocycles. The van der Waals surface area contributed by atoms with Gasteiger partial charge in [-0.25, -0.2) is 13.6 Å². The Morgan fingerprint density at radius 3 is 2.68 bits per heavy atom. The highest BCUT2D eigenvalue weighted by Crippen LogP contribution is 2.21. The number of carbonyl (C=O) groups is 1. The van der Waals surface area contributed by atoms with Gasteiger partial charge in [0.05, 0.1) is 24.5 Å². The van der Waals surface area contributed by atoms with Gasteiger partial charge in [0.15, 0.2) is 11.6 Å². The molecule has 0 saturated carbocycles. The molecule has 0 fully saturated rings. The first kappa shape index (κ1) is 15.4. The highest BCUT2D eigenvalue weighted by Gasteiger charge is 2.18. The van der Waals surface area contributed by atoms with E-state index in [2.05, 4.69) is 10.1 Å². The number of rotatable bonds is 6. The predicted octanol–water partition coefficient (Wildman–Crippen LogP) is 2.32. The van der Waals surface area contributed by atoms with Crippen LogP contribution in [0.2, 0.25) is 0 Å². The normalized spacial score (nSPS) is 12.1. The van der Waals surface area contributed by atoms with Crippen LogP contribution in [0, 0.1) is 11.6 Å². The summed E-state index contributed by atoms with van der Waals surface area (Å²) in [6.45, 7) is 2.06. The number of anilines is 1. The van der Waals surface area contributed by atoms with Crippen molar-refractivity contribution in [3.05, 3.63) is 29.3 Å². The van der Waals surface area contributed by atoms with E-state index < -0.39 is 29.3 Å². The summed E-state index contributed by atoms with van der Waals surface area (Å²) in [5.74, 6) is -3.26. The van der Waals surface area contributed by atoms with Crippen molar-refractivity contribution in [3.63, 3.8) is 0 Å². The number of esters is 1. The quantitative estimate of drug-likeness (QED) is 0.617. The van der Waals surface area contributed by atoms with Crippen molar-refractivity contribution in [1.82, 2.24) is 0 Å². The largest absolute Gasteiger partial charge is 0.465 e. The number of hydrogen-bond donors (Lipinski definition) is 2. The summed E-state index contributed by atoms with van der Waals surface area (Å²) in [7, 11) is 1.10. The first-order valence-electron chi connectivity index (χ1n) is 5.95. The predicted molar refractivity (Wildman–Crippen MR) is 67.1 cm³/mol. The number of carbonyl (C=O) groups excluding carboxylic acids is 1. The molecular formula is C13H17F2NO3. The molecule has 1 rings (SSSR count). The topological polar surface area (TPSA) is 58.6 Å². The van der Waals surface area contributed by atoms with Crippen LogP contribution in [-0.4, -0.2) is 30.8 Å². The molecule has 0 aromatic heterocycles. The van der Waals surface area contributed by atoms with Gasteiger partial charge in [0.25, 0.3) is 0 Å². The third-order valence-corrected chi connectivity index (χ3v) is 2.60. The van der Waals surface area contributed by atoms with Crippen molar-refractivity contribution in [1.29, 1.82) is 0 Å². The van der Waals surface area contributed by atoms with Crippen molar-refractivity contribution >= 4 is 11.7 Å². The van der Waals surface area contributed by atoms with Crippen molar-refractivity contribution in [2.45, 2.75) is 25.9 Å². The molecule has 0 aliphatic carbocycles. The Morgan fingerprint density at radius 1 is 1.42 bits per heavy atom. The van der Waals surface area contributed by atoms with E-state index in [1.165, 1.54) is 12.1 Å². The Kier molecular flexibility index (Phi) is 5.69. The molecule has 19 heavy (non-hydrogen) atoms. The maximum atomic E-state index is 13.7.